The van der Waals surface area contributed by atoms with Gasteiger partial charge in [0.15, 0.2) is 0 Å². The van der Waals surface area contributed by atoms with Gasteiger partial charge in [0.25, 0.3) is 5.91 Å². The van der Waals surface area contributed by atoms with Crippen LogP contribution in [-0.2, 0) is 5.54 Å². The molecule has 4 heteroatoms. The topological polar surface area (TPSA) is 54.9 Å². The van der Waals surface area contributed by atoms with Gasteiger partial charge in [-0.2, -0.15) is 0 Å². The van der Waals surface area contributed by atoms with Crippen LogP contribution in [0, 0.1) is 0 Å². The monoisotopic (exact) mass is 241 g/mol. The van der Waals surface area contributed by atoms with Gasteiger partial charge in [0, 0.05) is 24.8 Å². The lowest BCUT2D eigenvalue weighted by Crippen LogP contribution is -2.41. The highest BCUT2D eigenvalue weighted by Gasteiger charge is 2.23. The van der Waals surface area contributed by atoms with Crippen molar-refractivity contribution in [2.24, 2.45) is 0 Å². The number of pyridine rings is 2. The predicted octanol–water partition coefficient (Wildman–Crippen LogP) is 2.14. The highest BCUT2D eigenvalue weighted by atomic mass is 16.1. The van der Waals surface area contributed by atoms with Crippen molar-refractivity contribution in [1.29, 1.82) is 0 Å². The van der Waals surface area contributed by atoms with E-state index in [0.717, 1.165) is 5.56 Å². The first-order valence-corrected chi connectivity index (χ1v) is 5.72. The number of rotatable bonds is 3. The highest BCUT2D eigenvalue weighted by Crippen LogP contribution is 2.19. The van der Waals surface area contributed by atoms with E-state index < -0.39 is 5.54 Å². The molecule has 0 aliphatic carbocycles. The molecule has 0 saturated heterocycles. The van der Waals surface area contributed by atoms with Gasteiger partial charge in [0.2, 0.25) is 0 Å². The first-order valence-electron chi connectivity index (χ1n) is 5.72. The summed E-state index contributed by atoms with van der Waals surface area (Å²) in [6.07, 6.45) is 6.63. The summed E-state index contributed by atoms with van der Waals surface area (Å²) in [7, 11) is 0. The third-order valence-corrected chi connectivity index (χ3v) is 2.75. The maximum absolute atomic E-state index is 12.1. The zero-order chi connectivity index (χ0) is 13.0. The van der Waals surface area contributed by atoms with Crippen LogP contribution < -0.4 is 5.32 Å². The number of carbonyl (C=O) groups is 1. The van der Waals surface area contributed by atoms with Crippen molar-refractivity contribution in [2.75, 3.05) is 0 Å². The van der Waals surface area contributed by atoms with E-state index in [0.29, 0.717) is 5.56 Å². The number of nitrogens with zero attached hydrogens (tertiary/aromatic N) is 2. The van der Waals surface area contributed by atoms with Crippen LogP contribution in [0.2, 0.25) is 0 Å². The lowest BCUT2D eigenvalue weighted by atomic mass is 9.95. The Morgan fingerprint density at radius 3 is 2.44 bits per heavy atom. The van der Waals surface area contributed by atoms with Gasteiger partial charge < -0.3 is 5.32 Å². The maximum atomic E-state index is 12.1. The zero-order valence-electron chi connectivity index (χ0n) is 10.4. The molecule has 4 nitrogen and oxygen atoms in total. The standard InChI is InChI=1S/C14H15N3O/c1-14(2,12-5-8-15-9-6-12)17-13(18)11-4-3-7-16-10-11/h3-10H,1-2H3,(H,17,18). The molecule has 2 aromatic heterocycles. The Hall–Kier alpha value is -2.23. The molecule has 0 fully saturated rings. The Labute approximate surface area is 106 Å². The van der Waals surface area contributed by atoms with Gasteiger partial charge >= 0.3 is 0 Å². The third-order valence-electron chi connectivity index (χ3n) is 2.75. The van der Waals surface area contributed by atoms with E-state index in [1.54, 1.807) is 36.9 Å². The van der Waals surface area contributed by atoms with Crippen LogP contribution in [0.3, 0.4) is 0 Å². The van der Waals surface area contributed by atoms with E-state index >= 15 is 0 Å². The van der Waals surface area contributed by atoms with E-state index in [9.17, 15) is 4.79 Å². The fourth-order valence-corrected chi connectivity index (χ4v) is 1.69. The predicted molar refractivity (Wildman–Crippen MR) is 69.0 cm³/mol. The fraction of sp³-hybridized carbons (Fsp3) is 0.214. The van der Waals surface area contributed by atoms with Crippen LogP contribution in [0.4, 0.5) is 0 Å². The molecule has 1 N–H and O–H groups in total. The molecule has 0 saturated carbocycles. The van der Waals surface area contributed by atoms with Gasteiger partial charge in [-0.1, -0.05) is 0 Å². The Morgan fingerprint density at radius 2 is 1.83 bits per heavy atom. The molecule has 0 radical (unpaired) electrons. The van der Waals surface area contributed by atoms with Crippen molar-refractivity contribution < 1.29 is 4.79 Å². The van der Waals surface area contributed by atoms with Crippen molar-refractivity contribution in [3.63, 3.8) is 0 Å². The number of hydrogen-bond acceptors (Lipinski definition) is 3. The minimum atomic E-state index is -0.449. The average molecular weight is 241 g/mol. The lowest BCUT2D eigenvalue weighted by Gasteiger charge is -2.26. The van der Waals surface area contributed by atoms with Gasteiger partial charge in [-0.3, -0.25) is 14.8 Å². The molecule has 0 bridgehead atoms. The molecule has 0 aromatic carbocycles. The Morgan fingerprint density at radius 1 is 1.11 bits per heavy atom. The van der Waals surface area contributed by atoms with E-state index in [4.69, 9.17) is 0 Å². The van der Waals surface area contributed by atoms with E-state index in [-0.39, 0.29) is 5.91 Å². The van der Waals surface area contributed by atoms with Crippen LogP contribution in [0.5, 0.6) is 0 Å². The molecular formula is C14H15N3O. The largest absolute Gasteiger partial charge is 0.343 e. The van der Waals surface area contributed by atoms with E-state index in [1.165, 1.54) is 0 Å². The van der Waals surface area contributed by atoms with Gasteiger partial charge in [-0.15, -0.1) is 0 Å². The second-order valence-electron chi connectivity index (χ2n) is 4.56. The van der Waals surface area contributed by atoms with Gasteiger partial charge in [-0.05, 0) is 43.7 Å². The van der Waals surface area contributed by atoms with Gasteiger partial charge in [0.1, 0.15) is 0 Å². The molecule has 0 atom stereocenters. The Bertz CT molecular complexity index is 523. The normalized spacial score (nSPS) is 11.0. The summed E-state index contributed by atoms with van der Waals surface area (Å²) >= 11 is 0. The number of amides is 1. The molecule has 2 aromatic rings. The second kappa shape index (κ2) is 4.96. The molecule has 0 aliphatic rings. The van der Waals surface area contributed by atoms with E-state index in [2.05, 4.69) is 15.3 Å². The lowest BCUT2D eigenvalue weighted by molar-refractivity contribution is 0.0911. The Balaban J connectivity index is 2.17. The first kappa shape index (κ1) is 12.2. The van der Waals surface area contributed by atoms with Crippen LogP contribution in [0.1, 0.15) is 29.8 Å². The second-order valence-corrected chi connectivity index (χ2v) is 4.56. The van der Waals surface area contributed by atoms with E-state index in [1.807, 2.05) is 26.0 Å². The highest BCUT2D eigenvalue weighted by molar-refractivity contribution is 5.94. The van der Waals surface area contributed by atoms with Crippen molar-refractivity contribution in [1.82, 2.24) is 15.3 Å². The minimum Gasteiger partial charge on any atom is -0.343 e. The summed E-state index contributed by atoms with van der Waals surface area (Å²) in [5, 5.41) is 2.98. The summed E-state index contributed by atoms with van der Waals surface area (Å²) in [5.74, 6) is -0.134. The number of hydrogen-bond donors (Lipinski definition) is 1. The van der Waals surface area contributed by atoms with Crippen LogP contribution in [0.25, 0.3) is 0 Å². The Kier molecular flexibility index (Phi) is 3.37. The molecule has 18 heavy (non-hydrogen) atoms. The van der Waals surface area contributed by atoms with Crippen molar-refractivity contribution in [3.8, 4) is 0 Å². The van der Waals surface area contributed by atoms with Crippen molar-refractivity contribution >= 4 is 5.91 Å². The smallest absolute Gasteiger partial charge is 0.253 e. The summed E-state index contributed by atoms with van der Waals surface area (Å²) in [6.45, 7) is 3.91. The molecule has 0 spiro atoms. The zero-order valence-corrected chi connectivity index (χ0v) is 10.4. The molecule has 0 aliphatic heterocycles. The first-order chi connectivity index (χ1) is 8.59. The summed E-state index contributed by atoms with van der Waals surface area (Å²) in [6, 6.07) is 7.27. The molecule has 92 valence electrons. The van der Waals surface area contributed by atoms with Crippen molar-refractivity contribution in [3.05, 3.63) is 60.2 Å². The molecular weight excluding hydrogens is 226 g/mol. The molecule has 2 heterocycles. The minimum absolute atomic E-state index is 0.134. The number of nitrogens with one attached hydrogen (secondary N) is 1. The van der Waals surface area contributed by atoms with Crippen LogP contribution in [-0.4, -0.2) is 15.9 Å². The number of carbonyl (C=O) groups excluding carboxylic acids is 1. The number of aromatic nitrogens is 2. The summed E-state index contributed by atoms with van der Waals surface area (Å²) in [5.41, 5.74) is 1.12. The molecule has 1 amide bonds. The van der Waals surface area contributed by atoms with Crippen LogP contribution in [0.15, 0.2) is 49.1 Å². The molecule has 0 unspecified atom stereocenters. The van der Waals surface area contributed by atoms with Crippen LogP contribution >= 0.6 is 0 Å². The maximum Gasteiger partial charge on any atom is 0.253 e. The SMILES string of the molecule is CC(C)(NC(=O)c1cccnc1)c1ccncc1. The van der Waals surface area contributed by atoms with Crippen molar-refractivity contribution in [2.45, 2.75) is 19.4 Å². The van der Waals surface area contributed by atoms with Gasteiger partial charge in [-0.25, -0.2) is 0 Å². The summed E-state index contributed by atoms with van der Waals surface area (Å²) < 4.78 is 0. The third kappa shape index (κ3) is 2.71. The summed E-state index contributed by atoms with van der Waals surface area (Å²) in [4.78, 5) is 20.0. The van der Waals surface area contributed by atoms with Gasteiger partial charge in [0.05, 0.1) is 11.1 Å². The fourth-order valence-electron chi connectivity index (χ4n) is 1.69. The average Bonchev–Trinajstić information content (AvgIpc) is 2.40. The quantitative estimate of drug-likeness (QED) is 0.895. The molecule has 2 rings (SSSR count).